The SMILES string of the molecule is CCOC(=O)c1[nH]c(C)c(C(=O)[C@@H](C)N(Cc2ccccn2)C(=O)c2ccccc2Cl)c1C. The minimum Gasteiger partial charge on any atom is -0.461 e. The summed E-state index contributed by atoms with van der Waals surface area (Å²) in [6.07, 6.45) is 1.63. The molecule has 3 rings (SSSR count). The molecule has 0 saturated heterocycles. The molecule has 0 aliphatic heterocycles. The summed E-state index contributed by atoms with van der Waals surface area (Å²) in [5.41, 5.74) is 2.56. The molecular formula is C25H26ClN3O4. The number of aryl methyl sites for hydroxylation is 1. The number of carbonyl (C=O) groups is 3. The number of hydrogen-bond donors (Lipinski definition) is 1. The van der Waals surface area contributed by atoms with Crippen molar-refractivity contribution in [2.24, 2.45) is 0 Å². The molecule has 1 amide bonds. The van der Waals surface area contributed by atoms with Crippen LogP contribution in [0.1, 0.15) is 62.0 Å². The third kappa shape index (κ3) is 5.14. The van der Waals surface area contributed by atoms with Crippen LogP contribution in [-0.2, 0) is 11.3 Å². The van der Waals surface area contributed by atoms with Gasteiger partial charge >= 0.3 is 5.97 Å². The fraction of sp³-hybridized carbons (Fsp3) is 0.280. The second kappa shape index (κ2) is 10.4. The van der Waals surface area contributed by atoms with Gasteiger partial charge in [0, 0.05) is 17.5 Å². The first-order valence-corrected chi connectivity index (χ1v) is 11.0. The smallest absolute Gasteiger partial charge is 0.355 e. The highest BCUT2D eigenvalue weighted by Gasteiger charge is 2.32. The van der Waals surface area contributed by atoms with E-state index in [0.717, 1.165) is 0 Å². The average molecular weight is 468 g/mol. The van der Waals surface area contributed by atoms with E-state index < -0.39 is 12.0 Å². The molecule has 2 heterocycles. The number of carbonyl (C=O) groups excluding carboxylic acids is 3. The first-order valence-electron chi connectivity index (χ1n) is 10.6. The number of rotatable bonds is 8. The normalized spacial score (nSPS) is 11.7. The van der Waals surface area contributed by atoms with Gasteiger partial charge in [-0.15, -0.1) is 0 Å². The highest BCUT2D eigenvalue weighted by atomic mass is 35.5. The molecule has 172 valence electrons. The number of H-pyrrole nitrogens is 1. The number of hydrogen-bond acceptors (Lipinski definition) is 5. The lowest BCUT2D eigenvalue weighted by molar-refractivity contribution is 0.0518. The third-order valence-electron chi connectivity index (χ3n) is 5.43. The zero-order chi connectivity index (χ0) is 24.1. The Hall–Kier alpha value is -3.45. The first kappa shape index (κ1) is 24.2. The van der Waals surface area contributed by atoms with Gasteiger partial charge in [0.2, 0.25) is 0 Å². The largest absolute Gasteiger partial charge is 0.461 e. The van der Waals surface area contributed by atoms with E-state index in [4.69, 9.17) is 16.3 Å². The van der Waals surface area contributed by atoms with Crippen LogP contribution in [0.2, 0.25) is 5.02 Å². The fourth-order valence-corrected chi connectivity index (χ4v) is 3.93. The summed E-state index contributed by atoms with van der Waals surface area (Å²) in [6.45, 7) is 7.12. The van der Waals surface area contributed by atoms with E-state index >= 15 is 0 Å². The number of halogens is 1. The Morgan fingerprint density at radius 2 is 1.82 bits per heavy atom. The van der Waals surface area contributed by atoms with Gasteiger partial charge in [-0.3, -0.25) is 14.6 Å². The van der Waals surface area contributed by atoms with Crippen LogP contribution in [0, 0.1) is 13.8 Å². The molecule has 1 atom stereocenters. The van der Waals surface area contributed by atoms with E-state index in [1.165, 1.54) is 4.90 Å². The van der Waals surface area contributed by atoms with Crippen LogP contribution in [0.15, 0.2) is 48.7 Å². The molecule has 1 N–H and O–H groups in total. The minimum atomic E-state index is -0.848. The van der Waals surface area contributed by atoms with Gasteiger partial charge in [0.15, 0.2) is 5.78 Å². The van der Waals surface area contributed by atoms with Crippen LogP contribution in [-0.4, -0.2) is 45.2 Å². The van der Waals surface area contributed by atoms with Crippen molar-refractivity contribution in [3.05, 3.63) is 87.5 Å². The fourth-order valence-electron chi connectivity index (χ4n) is 3.72. The molecule has 33 heavy (non-hydrogen) atoms. The topological polar surface area (TPSA) is 92.4 Å². The number of nitrogens with one attached hydrogen (secondary N) is 1. The van der Waals surface area contributed by atoms with Gasteiger partial charge in [0.05, 0.1) is 35.5 Å². The Morgan fingerprint density at radius 1 is 1.12 bits per heavy atom. The third-order valence-corrected chi connectivity index (χ3v) is 5.76. The zero-order valence-electron chi connectivity index (χ0n) is 19.0. The Labute approximate surface area is 197 Å². The molecule has 0 aliphatic rings. The molecule has 8 heteroatoms. The lowest BCUT2D eigenvalue weighted by Crippen LogP contribution is -2.43. The van der Waals surface area contributed by atoms with Crippen molar-refractivity contribution in [1.82, 2.24) is 14.9 Å². The number of nitrogens with zero attached hydrogens (tertiary/aromatic N) is 2. The van der Waals surface area contributed by atoms with Gasteiger partial charge in [-0.05, 0) is 57.5 Å². The summed E-state index contributed by atoms with van der Waals surface area (Å²) in [5, 5.41) is 0.298. The number of esters is 1. The molecule has 0 saturated carbocycles. The highest BCUT2D eigenvalue weighted by Crippen LogP contribution is 2.25. The molecule has 7 nitrogen and oxygen atoms in total. The number of aromatic amines is 1. The Kier molecular flexibility index (Phi) is 7.66. The monoisotopic (exact) mass is 467 g/mol. The molecule has 3 aromatic rings. The number of ether oxygens (including phenoxy) is 1. The number of ketones is 1. The number of aromatic nitrogens is 2. The molecule has 0 bridgehead atoms. The Bertz CT molecular complexity index is 1170. The summed E-state index contributed by atoms with van der Waals surface area (Å²) in [5.74, 6) is -1.21. The van der Waals surface area contributed by atoms with Crippen LogP contribution in [0.5, 0.6) is 0 Å². The summed E-state index contributed by atoms with van der Waals surface area (Å²) >= 11 is 6.28. The highest BCUT2D eigenvalue weighted by molar-refractivity contribution is 6.33. The summed E-state index contributed by atoms with van der Waals surface area (Å²) in [7, 11) is 0. The Balaban J connectivity index is 2.00. The van der Waals surface area contributed by atoms with Crippen molar-refractivity contribution < 1.29 is 19.1 Å². The molecule has 0 radical (unpaired) electrons. The van der Waals surface area contributed by atoms with Gasteiger partial charge in [-0.25, -0.2) is 4.79 Å². The van der Waals surface area contributed by atoms with Crippen LogP contribution in [0.4, 0.5) is 0 Å². The lowest BCUT2D eigenvalue weighted by Gasteiger charge is -2.29. The number of pyridine rings is 1. The number of Topliss-reactive ketones (excluding diaryl/α,β-unsaturated/α-hetero) is 1. The van der Waals surface area contributed by atoms with E-state index in [0.29, 0.717) is 33.1 Å². The zero-order valence-corrected chi connectivity index (χ0v) is 19.8. The van der Waals surface area contributed by atoms with Gasteiger partial charge in [0.25, 0.3) is 5.91 Å². The van der Waals surface area contributed by atoms with E-state index in [9.17, 15) is 14.4 Å². The quantitative estimate of drug-likeness (QED) is 0.380. The molecule has 0 aliphatic carbocycles. The second-order valence-corrected chi connectivity index (χ2v) is 8.03. The standard InChI is InChI=1S/C25H26ClN3O4/c1-5-33-25(32)22-15(2)21(16(3)28-22)23(30)17(4)29(14-18-10-8-9-13-27-18)24(31)19-11-6-7-12-20(19)26/h6-13,17,28H,5,14H2,1-4H3/t17-/m1/s1. The van der Waals surface area contributed by atoms with E-state index in [2.05, 4.69) is 9.97 Å². The van der Waals surface area contributed by atoms with Gasteiger partial charge in [0.1, 0.15) is 5.69 Å². The second-order valence-electron chi connectivity index (χ2n) is 7.62. The maximum Gasteiger partial charge on any atom is 0.355 e. The maximum atomic E-state index is 13.6. The predicted octanol–water partition coefficient (Wildman–Crippen LogP) is 4.77. The van der Waals surface area contributed by atoms with Crippen molar-refractivity contribution in [1.29, 1.82) is 0 Å². The molecule has 1 aromatic carbocycles. The lowest BCUT2D eigenvalue weighted by atomic mass is 9.99. The van der Waals surface area contributed by atoms with Crippen molar-refractivity contribution in [2.75, 3.05) is 6.61 Å². The average Bonchev–Trinajstić information content (AvgIpc) is 3.11. The molecule has 2 aromatic heterocycles. The molecule has 0 unspecified atom stereocenters. The van der Waals surface area contributed by atoms with Crippen LogP contribution in [0.25, 0.3) is 0 Å². The molecule has 0 fully saturated rings. The number of amides is 1. The van der Waals surface area contributed by atoms with E-state index in [-0.39, 0.29) is 30.5 Å². The van der Waals surface area contributed by atoms with Crippen LogP contribution < -0.4 is 0 Å². The maximum absolute atomic E-state index is 13.6. The van der Waals surface area contributed by atoms with Crippen molar-refractivity contribution in [3.8, 4) is 0 Å². The van der Waals surface area contributed by atoms with Gasteiger partial charge in [-0.1, -0.05) is 29.8 Å². The Morgan fingerprint density at radius 3 is 2.45 bits per heavy atom. The van der Waals surface area contributed by atoms with Crippen molar-refractivity contribution >= 4 is 29.3 Å². The van der Waals surface area contributed by atoms with E-state index in [1.807, 2.05) is 6.07 Å². The van der Waals surface area contributed by atoms with Crippen molar-refractivity contribution in [3.63, 3.8) is 0 Å². The van der Waals surface area contributed by atoms with Gasteiger partial charge < -0.3 is 14.6 Å². The summed E-state index contributed by atoms with van der Waals surface area (Å²) < 4.78 is 5.08. The van der Waals surface area contributed by atoms with E-state index in [1.54, 1.807) is 70.3 Å². The summed E-state index contributed by atoms with van der Waals surface area (Å²) in [4.78, 5) is 48.1. The molecular weight excluding hydrogens is 442 g/mol. The predicted molar refractivity (Wildman–Crippen MR) is 126 cm³/mol. The van der Waals surface area contributed by atoms with Crippen LogP contribution in [0.3, 0.4) is 0 Å². The minimum absolute atomic E-state index is 0.116. The van der Waals surface area contributed by atoms with Gasteiger partial charge in [-0.2, -0.15) is 0 Å². The molecule has 0 spiro atoms. The first-order chi connectivity index (χ1) is 15.8. The van der Waals surface area contributed by atoms with Crippen molar-refractivity contribution in [2.45, 2.75) is 40.3 Å². The summed E-state index contributed by atoms with van der Waals surface area (Å²) in [6, 6.07) is 11.2. The van der Waals surface area contributed by atoms with Crippen LogP contribution >= 0.6 is 11.6 Å². The number of benzene rings is 1.